The van der Waals surface area contributed by atoms with Gasteiger partial charge in [-0.1, -0.05) is 35.5 Å². The maximum atomic E-state index is 12.8. The summed E-state index contributed by atoms with van der Waals surface area (Å²) in [6, 6.07) is 9.96. The smallest absolute Gasteiger partial charge is 0.226 e. The molecule has 1 amide bonds. The maximum absolute atomic E-state index is 12.8. The van der Waals surface area contributed by atoms with Crippen LogP contribution in [-0.4, -0.2) is 54.0 Å². The number of likely N-dealkylation sites (tertiary alicyclic amines) is 1. The van der Waals surface area contributed by atoms with Gasteiger partial charge < -0.3 is 9.42 Å². The van der Waals surface area contributed by atoms with Gasteiger partial charge in [0.05, 0.1) is 17.4 Å². The number of hydrogen-bond donors (Lipinski definition) is 0. The lowest BCUT2D eigenvalue weighted by Gasteiger charge is -2.19. The van der Waals surface area contributed by atoms with E-state index < -0.39 is 15.8 Å². The molecule has 0 saturated carbocycles. The number of amides is 1. The topological polar surface area (TPSA) is 93.4 Å². The first kappa shape index (κ1) is 16.3. The highest BCUT2D eigenvalue weighted by Gasteiger charge is 2.43. The molecule has 1 aromatic heterocycles. The average Bonchev–Trinajstić information content (AvgIpc) is 3.33. The van der Waals surface area contributed by atoms with Crippen LogP contribution in [0.15, 0.2) is 41.2 Å². The van der Waals surface area contributed by atoms with Gasteiger partial charge in [-0.2, -0.15) is 4.98 Å². The van der Waals surface area contributed by atoms with Crippen LogP contribution in [0.1, 0.15) is 29.6 Å². The molecule has 2 saturated heterocycles. The molecule has 3 heterocycles. The third kappa shape index (κ3) is 3.18. The van der Waals surface area contributed by atoms with Crippen molar-refractivity contribution in [2.45, 2.75) is 18.3 Å². The lowest BCUT2D eigenvalue weighted by Crippen LogP contribution is -2.35. The Bertz CT molecular complexity index is 851. The number of carbonyl (C=O) groups excluding carboxylic acids is 1. The fourth-order valence-corrected chi connectivity index (χ4v) is 5.61. The molecule has 0 N–H and O–H groups in total. The number of carbonyl (C=O) groups is 1. The van der Waals surface area contributed by atoms with Gasteiger partial charge in [-0.25, -0.2) is 8.42 Å². The summed E-state index contributed by atoms with van der Waals surface area (Å²) in [4.78, 5) is 18.8. The molecule has 3 unspecified atom stereocenters. The molecule has 3 atom stereocenters. The van der Waals surface area contributed by atoms with E-state index >= 15 is 0 Å². The van der Waals surface area contributed by atoms with Gasteiger partial charge in [-0.3, -0.25) is 4.79 Å². The first-order valence-electron chi connectivity index (χ1n) is 8.34. The van der Waals surface area contributed by atoms with E-state index in [1.807, 2.05) is 30.3 Å². The molecule has 2 aliphatic heterocycles. The quantitative estimate of drug-likeness (QED) is 0.816. The number of hydrogen-bond acceptors (Lipinski definition) is 6. The Balaban J connectivity index is 1.58. The van der Waals surface area contributed by atoms with Crippen molar-refractivity contribution >= 4 is 15.7 Å². The molecular weight excluding hydrogens is 342 g/mol. The maximum Gasteiger partial charge on any atom is 0.226 e. The normalized spacial score (nSPS) is 28.3. The van der Waals surface area contributed by atoms with Crippen molar-refractivity contribution < 1.29 is 17.7 Å². The second-order valence-corrected chi connectivity index (χ2v) is 8.98. The molecule has 1 aromatic carbocycles. The molecule has 2 aliphatic rings. The molecule has 25 heavy (non-hydrogen) atoms. The third-order valence-electron chi connectivity index (χ3n) is 5.15. The minimum Gasteiger partial charge on any atom is -0.343 e. The largest absolute Gasteiger partial charge is 0.343 e. The molecule has 2 fully saturated rings. The summed E-state index contributed by atoms with van der Waals surface area (Å²) in [5.74, 6) is 0.171. The molecule has 7 nitrogen and oxygen atoms in total. The zero-order valence-corrected chi connectivity index (χ0v) is 14.4. The highest BCUT2D eigenvalue weighted by atomic mass is 32.2. The van der Waals surface area contributed by atoms with Crippen molar-refractivity contribution in [2.75, 3.05) is 24.6 Å². The first-order valence-corrected chi connectivity index (χ1v) is 10.2. The summed E-state index contributed by atoms with van der Waals surface area (Å²) >= 11 is 0. The van der Waals surface area contributed by atoms with Crippen LogP contribution >= 0.6 is 0 Å². The van der Waals surface area contributed by atoms with E-state index in [0.717, 1.165) is 5.56 Å². The zero-order valence-electron chi connectivity index (χ0n) is 13.6. The second kappa shape index (κ2) is 6.25. The van der Waals surface area contributed by atoms with Crippen molar-refractivity contribution in [1.29, 1.82) is 0 Å². The molecule has 0 radical (unpaired) electrons. The lowest BCUT2D eigenvalue weighted by molar-refractivity contribution is -0.133. The van der Waals surface area contributed by atoms with Gasteiger partial charge in [0.15, 0.2) is 15.7 Å². The van der Waals surface area contributed by atoms with Crippen LogP contribution < -0.4 is 0 Å². The van der Waals surface area contributed by atoms with Crippen LogP contribution in [0.4, 0.5) is 0 Å². The van der Waals surface area contributed by atoms with E-state index in [4.69, 9.17) is 4.52 Å². The van der Waals surface area contributed by atoms with E-state index in [0.29, 0.717) is 25.3 Å². The Labute approximate surface area is 145 Å². The van der Waals surface area contributed by atoms with Gasteiger partial charge in [0.1, 0.15) is 0 Å². The van der Waals surface area contributed by atoms with Crippen molar-refractivity contribution in [1.82, 2.24) is 15.0 Å². The summed E-state index contributed by atoms with van der Waals surface area (Å²) in [5, 5.41) is 3.97. The molecule has 0 aliphatic carbocycles. The Hall–Kier alpha value is -2.22. The van der Waals surface area contributed by atoms with Crippen molar-refractivity contribution in [3.63, 3.8) is 0 Å². The summed E-state index contributed by atoms with van der Waals surface area (Å²) in [6.07, 6.45) is 1.71. The molecule has 8 heteroatoms. The van der Waals surface area contributed by atoms with Crippen LogP contribution in [0.5, 0.6) is 0 Å². The van der Waals surface area contributed by atoms with E-state index in [1.54, 1.807) is 4.90 Å². The predicted molar refractivity (Wildman–Crippen MR) is 89.6 cm³/mol. The molecule has 0 bridgehead atoms. The summed E-state index contributed by atoms with van der Waals surface area (Å²) in [5.41, 5.74) is 1.12. The van der Waals surface area contributed by atoms with E-state index in [1.165, 1.54) is 6.39 Å². The standard InChI is InChI=1S/C17H19N3O4S/c21-17(13-6-7-25(22,23)10-13)20-8-14(12-4-2-1-3-5-12)15(9-20)16-18-11-24-19-16/h1-5,11,13-15H,6-10H2. The Morgan fingerprint density at radius 3 is 2.56 bits per heavy atom. The van der Waals surface area contributed by atoms with E-state index in [-0.39, 0.29) is 29.2 Å². The highest BCUT2D eigenvalue weighted by molar-refractivity contribution is 7.91. The van der Waals surface area contributed by atoms with Crippen LogP contribution in [0.3, 0.4) is 0 Å². The van der Waals surface area contributed by atoms with Gasteiger partial charge in [0.2, 0.25) is 12.3 Å². The first-order chi connectivity index (χ1) is 12.0. The fraction of sp³-hybridized carbons (Fsp3) is 0.471. The lowest BCUT2D eigenvalue weighted by atomic mass is 9.88. The summed E-state index contributed by atoms with van der Waals surface area (Å²) in [6.45, 7) is 1.02. The molecular formula is C17H19N3O4S. The summed E-state index contributed by atoms with van der Waals surface area (Å²) < 4.78 is 28.3. The third-order valence-corrected chi connectivity index (χ3v) is 6.92. The molecule has 2 aromatic rings. The SMILES string of the molecule is O=C(C1CCS(=O)(=O)C1)N1CC(c2ccccc2)C(c2ncon2)C1. The fourth-order valence-electron chi connectivity index (χ4n) is 3.87. The van der Waals surface area contributed by atoms with Crippen LogP contribution in [-0.2, 0) is 14.6 Å². The zero-order chi connectivity index (χ0) is 17.4. The van der Waals surface area contributed by atoms with Crippen LogP contribution in [0.25, 0.3) is 0 Å². The van der Waals surface area contributed by atoms with Crippen LogP contribution in [0.2, 0.25) is 0 Å². The van der Waals surface area contributed by atoms with Gasteiger partial charge in [0.25, 0.3) is 0 Å². The number of aromatic nitrogens is 2. The monoisotopic (exact) mass is 361 g/mol. The van der Waals surface area contributed by atoms with Crippen LogP contribution in [0, 0.1) is 5.92 Å². The van der Waals surface area contributed by atoms with Crippen molar-refractivity contribution in [3.8, 4) is 0 Å². The molecule has 0 spiro atoms. The minimum absolute atomic E-state index is 0.0365. The van der Waals surface area contributed by atoms with Crippen molar-refractivity contribution in [2.24, 2.45) is 5.92 Å². The van der Waals surface area contributed by atoms with E-state index in [2.05, 4.69) is 10.1 Å². The predicted octanol–water partition coefficient (Wildman–Crippen LogP) is 1.21. The van der Waals surface area contributed by atoms with Crippen molar-refractivity contribution in [3.05, 3.63) is 48.1 Å². The Morgan fingerprint density at radius 1 is 1.16 bits per heavy atom. The average molecular weight is 361 g/mol. The van der Waals surface area contributed by atoms with Gasteiger partial charge in [-0.05, 0) is 12.0 Å². The molecule has 132 valence electrons. The van der Waals surface area contributed by atoms with E-state index in [9.17, 15) is 13.2 Å². The molecule has 4 rings (SSSR count). The Morgan fingerprint density at radius 2 is 1.92 bits per heavy atom. The minimum atomic E-state index is -3.08. The van der Waals surface area contributed by atoms with Gasteiger partial charge in [-0.15, -0.1) is 0 Å². The number of benzene rings is 1. The highest BCUT2D eigenvalue weighted by Crippen LogP contribution is 2.39. The number of nitrogens with zero attached hydrogens (tertiary/aromatic N) is 3. The second-order valence-electron chi connectivity index (χ2n) is 6.76. The summed E-state index contributed by atoms with van der Waals surface area (Å²) in [7, 11) is -3.08. The van der Waals surface area contributed by atoms with Gasteiger partial charge >= 0.3 is 0 Å². The Kier molecular flexibility index (Phi) is 4.07. The number of rotatable bonds is 3. The number of sulfone groups is 1. The van der Waals surface area contributed by atoms with Gasteiger partial charge in [0, 0.05) is 24.9 Å².